The first-order valence-corrected chi connectivity index (χ1v) is 35.4. The van der Waals surface area contributed by atoms with Gasteiger partial charge in [0.15, 0.2) is 5.82 Å². The van der Waals surface area contributed by atoms with Gasteiger partial charge in [-0.25, -0.2) is 19.9 Å². The minimum absolute atomic E-state index is 0.598. The highest BCUT2D eigenvalue weighted by Gasteiger charge is 2.27. The zero-order valence-electron chi connectivity index (χ0n) is 56.5. The number of rotatable bonds is 12. The van der Waals surface area contributed by atoms with Crippen LogP contribution in [0, 0.1) is 0 Å². The third kappa shape index (κ3) is 10.2. The Bertz CT molecular complexity index is 6640. The molecule has 0 aliphatic rings. The summed E-state index contributed by atoms with van der Waals surface area (Å²) in [6, 6.07) is 135. The fourth-order valence-corrected chi connectivity index (χ4v) is 15.9. The normalized spacial score (nSPS) is 11.7. The molecule has 6 nitrogen and oxygen atoms in total. The van der Waals surface area contributed by atoms with Crippen molar-refractivity contribution in [3.8, 4) is 124 Å². The van der Waals surface area contributed by atoms with Gasteiger partial charge in [0.2, 0.25) is 0 Å². The van der Waals surface area contributed by atoms with Crippen molar-refractivity contribution < 1.29 is 0 Å². The standard InChI is InChI=1S/C98H62N6/c1-7-27-63(28-8-1)91-94(66-31-11-3-12-32-66)103(97(101-91)69-35-15-5-16-36-69)74-53-47-65(48-54-74)90-89-62-73(71-51-57-84-80-43-21-19-39-76(80)78-41-23-25-45-82(78)87(84)59-71)61-86(72-52-58-85-81-44-22-20-40-77(81)79-42-24-26-46-83(79)88(85)60-72)93(89)100-96(99-90)68-49-55-75(56-50-68)104-95(67-33-13-4-14-34-67)92(64-29-9-2-10-30-64)102-98(104)70-37-17-6-18-38-70/h1-62H. The van der Waals surface area contributed by atoms with E-state index >= 15 is 0 Å². The van der Waals surface area contributed by atoms with Crippen LogP contribution in [0.3, 0.4) is 0 Å². The highest BCUT2D eigenvalue weighted by molar-refractivity contribution is 6.27. The monoisotopic (exact) mass is 1320 g/mol. The number of hydrogen-bond acceptors (Lipinski definition) is 4. The molecule has 0 bridgehead atoms. The van der Waals surface area contributed by atoms with Crippen molar-refractivity contribution in [1.29, 1.82) is 0 Å². The maximum absolute atomic E-state index is 5.88. The second-order valence-electron chi connectivity index (χ2n) is 26.7. The topological polar surface area (TPSA) is 61.4 Å². The smallest absolute Gasteiger partial charge is 0.160 e. The van der Waals surface area contributed by atoms with E-state index in [2.05, 4.69) is 385 Å². The minimum Gasteiger partial charge on any atom is -0.292 e. The van der Waals surface area contributed by atoms with E-state index in [-0.39, 0.29) is 0 Å². The molecule has 0 aliphatic carbocycles. The van der Waals surface area contributed by atoms with Crippen molar-refractivity contribution in [2.45, 2.75) is 0 Å². The first-order chi connectivity index (χ1) is 51.6. The lowest BCUT2D eigenvalue weighted by molar-refractivity contribution is 1.07. The van der Waals surface area contributed by atoms with Gasteiger partial charge in [0.05, 0.1) is 34.0 Å². The Hall–Kier alpha value is -13.9. The van der Waals surface area contributed by atoms with E-state index in [0.29, 0.717) is 5.82 Å². The molecule has 0 aliphatic heterocycles. The summed E-state index contributed by atoms with van der Waals surface area (Å²) in [5.74, 6) is 2.28. The Morgan fingerprint density at radius 2 is 0.471 bits per heavy atom. The molecule has 0 radical (unpaired) electrons. The number of nitrogens with zero attached hydrogens (tertiary/aromatic N) is 6. The molecule has 0 saturated carbocycles. The fourth-order valence-electron chi connectivity index (χ4n) is 15.9. The van der Waals surface area contributed by atoms with Gasteiger partial charge >= 0.3 is 0 Å². The maximum Gasteiger partial charge on any atom is 0.160 e. The summed E-state index contributed by atoms with van der Waals surface area (Å²) in [6.45, 7) is 0. The first kappa shape index (κ1) is 60.1. The van der Waals surface area contributed by atoms with Crippen LogP contribution in [-0.4, -0.2) is 29.1 Å². The van der Waals surface area contributed by atoms with Gasteiger partial charge in [-0.3, -0.25) is 9.13 Å². The van der Waals surface area contributed by atoms with Crippen LogP contribution in [0.25, 0.3) is 200 Å². The molecule has 3 heterocycles. The van der Waals surface area contributed by atoms with E-state index in [1.807, 2.05) is 0 Å². The molecule has 104 heavy (non-hydrogen) atoms. The van der Waals surface area contributed by atoms with Crippen LogP contribution in [0.5, 0.6) is 0 Å². The summed E-state index contributed by atoms with van der Waals surface area (Å²) in [5.41, 5.74) is 19.6. The van der Waals surface area contributed by atoms with Gasteiger partial charge in [-0.2, -0.15) is 0 Å². The van der Waals surface area contributed by atoms with Crippen molar-refractivity contribution in [3.63, 3.8) is 0 Å². The molecule has 6 heteroatoms. The number of benzene rings is 17. The fraction of sp³-hybridized carbons (Fsp3) is 0. The van der Waals surface area contributed by atoms with Gasteiger partial charge in [-0.05, 0) is 142 Å². The van der Waals surface area contributed by atoms with E-state index in [1.54, 1.807) is 0 Å². The van der Waals surface area contributed by atoms with Crippen molar-refractivity contribution >= 4 is 75.5 Å². The van der Waals surface area contributed by atoms with E-state index in [1.165, 1.54) is 64.6 Å². The highest BCUT2D eigenvalue weighted by atomic mass is 15.1. The van der Waals surface area contributed by atoms with Crippen molar-refractivity contribution in [3.05, 3.63) is 376 Å². The Labute approximate surface area is 601 Å². The molecule has 0 unspecified atom stereocenters. The summed E-state index contributed by atoms with van der Waals surface area (Å²) < 4.78 is 4.64. The van der Waals surface area contributed by atoms with Crippen molar-refractivity contribution in [2.75, 3.05) is 0 Å². The van der Waals surface area contributed by atoms with Gasteiger partial charge in [0.25, 0.3) is 0 Å². The lowest BCUT2D eigenvalue weighted by atomic mass is 9.89. The van der Waals surface area contributed by atoms with Crippen LogP contribution in [0.2, 0.25) is 0 Å². The van der Waals surface area contributed by atoms with Gasteiger partial charge < -0.3 is 0 Å². The van der Waals surface area contributed by atoms with Gasteiger partial charge in [-0.1, -0.05) is 315 Å². The molecule has 17 aromatic carbocycles. The van der Waals surface area contributed by atoms with Gasteiger partial charge in [0, 0.05) is 66.8 Å². The molecule has 0 spiro atoms. The lowest BCUT2D eigenvalue weighted by Crippen LogP contribution is -2.02. The minimum atomic E-state index is 0.598. The average molecular weight is 1320 g/mol. The summed E-state index contributed by atoms with van der Waals surface area (Å²) in [4.78, 5) is 22.8. The largest absolute Gasteiger partial charge is 0.292 e. The molecule has 0 amide bonds. The second-order valence-corrected chi connectivity index (χ2v) is 26.7. The van der Waals surface area contributed by atoms with E-state index in [0.717, 1.165) is 129 Å². The molecular weight excluding hydrogens is 1260 g/mol. The Balaban J connectivity index is 0.848. The van der Waals surface area contributed by atoms with Crippen LogP contribution in [0.15, 0.2) is 376 Å². The number of hydrogen-bond donors (Lipinski definition) is 0. The predicted octanol–water partition coefficient (Wildman–Crippen LogP) is 25.6. The number of aromatic nitrogens is 6. The average Bonchev–Trinajstić information content (AvgIpc) is 0.906. The maximum atomic E-state index is 5.88. The molecule has 484 valence electrons. The number of imidazole rings is 2. The van der Waals surface area contributed by atoms with Crippen LogP contribution >= 0.6 is 0 Å². The number of fused-ring (bicyclic) bond motifs is 13. The summed E-state index contributed by atoms with van der Waals surface area (Å²) in [6.07, 6.45) is 0. The SMILES string of the molecule is c1ccc(-c2nc(-c3ccccc3)n(-c3ccc(-c4nc(-c5ccc(-n6c(-c7ccccc7)nc(-c7ccccc7)c6-c6ccccc6)cc5)c5cc(-c6ccc7c8ccccc8c8ccccc8c7c6)cc(-c6ccc7c8ccccc8c8ccccc8c7c6)c5n4)cc3)c2-c2ccccc2)cc1. The zero-order chi connectivity index (χ0) is 68.6. The first-order valence-electron chi connectivity index (χ1n) is 35.4. The molecule has 20 rings (SSSR count). The van der Waals surface area contributed by atoms with Gasteiger partial charge in [-0.15, -0.1) is 0 Å². The third-order valence-electron chi connectivity index (χ3n) is 20.7. The third-order valence-corrected chi connectivity index (χ3v) is 20.7. The summed E-state index contributed by atoms with van der Waals surface area (Å²) in [7, 11) is 0. The Kier molecular flexibility index (Phi) is 14.5. The molecule has 0 atom stereocenters. The molecule has 20 aromatic rings. The predicted molar refractivity (Wildman–Crippen MR) is 433 cm³/mol. The zero-order valence-corrected chi connectivity index (χ0v) is 56.5. The molecule has 0 N–H and O–H groups in total. The Morgan fingerprint density at radius 3 is 0.875 bits per heavy atom. The highest BCUT2D eigenvalue weighted by Crippen LogP contribution is 2.47. The van der Waals surface area contributed by atoms with Crippen molar-refractivity contribution in [2.24, 2.45) is 0 Å². The molecule has 3 aromatic heterocycles. The molecule has 0 saturated heterocycles. The summed E-state index contributed by atoms with van der Waals surface area (Å²) >= 11 is 0. The second kappa shape index (κ2) is 25.0. The van der Waals surface area contributed by atoms with Crippen LogP contribution in [-0.2, 0) is 0 Å². The van der Waals surface area contributed by atoms with E-state index < -0.39 is 0 Å². The molecular formula is C98H62N6. The van der Waals surface area contributed by atoms with E-state index in [4.69, 9.17) is 19.9 Å². The quantitative estimate of drug-likeness (QED) is 0.114. The molecule has 0 fully saturated rings. The van der Waals surface area contributed by atoms with Crippen LogP contribution in [0.1, 0.15) is 0 Å². The van der Waals surface area contributed by atoms with Crippen molar-refractivity contribution in [1.82, 2.24) is 29.1 Å². The van der Waals surface area contributed by atoms with Gasteiger partial charge in [0.1, 0.15) is 11.6 Å². The lowest BCUT2D eigenvalue weighted by Gasteiger charge is -2.18. The Morgan fingerprint density at radius 1 is 0.173 bits per heavy atom. The van der Waals surface area contributed by atoms with Crippen LogP contribution < -0.4 is 0 Å². The summed E-state index contributed by atoms with van der Waals surface area (Å²) in [5, 5.41) is 15.5. The van der Waals surface area contributed by atoms with E-state index in [9.17, 15) is 0 Å². The van der Waals surface area contributed by atoms with Crippen LogP contribution in [0.4, 0.5) is 0 Å².